The van der Waals surface area contributed by atoms with Crippen molar-refractivity contribution in [1.82, 2.24) is 15.3 Å². The standard InChI is InChI=1S/C11H20N6OS/c1-3-5-14-10(18)4-6-13-8-7-9(17-12)16-11(15-8)19-2/h7H,3-6,12H2,1-2H3,(H,14,18)(H2,13,15,16,17). The van der Waals surface area contributed by atoms with Gasteiger partial charge in [0.05, 0.1) is 0 Å². The number of nitrogens with zero attached hydrogens (tertiary/aromatic N) is 2. The minimum atomic E-state index is 0.0330. The third kappa shape index (κ3) is 5.75. The summed E-state index contributed by atoms with van der Waals surface area (Å²) in [4.78, 5) is 19.8. The van der Waals surface area contributed by atoms with Gasteiger partial charge < -0.3 is 16.1 Å². The summed E-state index contributed by atoms with van der Waals surface area (Å²) >= 11 is 1.43. The lowest BCUT2D eigenvalue weighted by atomic mass is 10.3. The summed E-state index contributed by atoms with van der Waals surface area (Å²) in [6.45, 7) is 3.25. The number of aromatic nitrogens is 2. The largest absolute Gasteiger partial charge is 0.369 e. The lowest BCUT2D eigenvalue weighted by molar-refractivity contribution is -0.120. The minimum absolute atomic E-state index is 0.0330. The van der Waals surface area contributed by atoms with Gasteiger partial charge in [-0.3, -0.25) is 4.79 Å². The number of nitrogens with one attached hydrogen (secondary N) is 3. The molecule has 1 rings (SSSR count). The maximum atomic E-state index is 11.4. The lowest BCUT2D eigenvalue weighted by Gasteiger charge is -2.08. The number of anilines is 2. The summed E-state index contributed by atoms with van der Waals surface area (Å²) < 4.78 is 0. The molecule has 19 heavy (non-hydrogen) atoms. The Balaban J connectivity index is 2.46. The van der Waals surface area contributed by atoms with E-state index in [-0.39, 0.29) is 5.91 Å². The summed E-state index contributed by atoms with van der Waals surface area (Å²) in [5.74, 6) is 6.55. The second-order valence-electron chi connectivity index (χ2n) is 3.80. The van der Waals surface area contributed by atoms with Crippen molar-refractivity contribution in [3.05, 3.63) is 6.07 Å². The molecule has 5 N–H and O–H groups in total. The van der Waals surface area contributed by atoms with Crippen molar-refractivity contribution in [1.29, 1.82) is 0 Å². The zero-order chi connectivity index (χ0) is 14.1. The first-order valence-corrected chi connectivity index (χ1v) is 7.32. The zero-order valence-electron chi connectivity index (χ0n) is 11.2. The van der Waals surface area contributed by atoms with E-state index in [4.69, 9.17) is 5.84 Å². The van der Waals surface area contributed by atoms with E-state index in [1.165, 1.54) is 11.8 Å². The van der Waals surface area contributed by atoms with Crippen molar-refractivity contribution in [3.8, 4) is 0 Å². The van der Waals surface area contributed by atoms with E-state index in [1.807, 2.05) is 13.2 Å². The third-order valence-corrected chi connectivity index (χ3v) is 2.81. The van der Waals surface area contributed by atoms with Crippen LogP contribution < -0.4 is 21.9 Å². The Morgan fingerprint density at radius 1 is 1.37 bits per heavy atom. The number of carbonyl (C=O) groups is 1. The molecule has 7 nitrogen and oxygen atoms in total. The first-order chi connectivity index (χ1) is 9.19. The van der Waals surface area contributed by atoms with E-state index in [0.717, 1.165) is 6.42 Å². The molecule has 0 aliphatic carbocycles. The number of hydrazine groups is 1. The average molecular weight is 284 g/mol. The first-order valence-electron chi connectivity index (χ1n) is 6.09. The number of rotatable bonds is 8. The molecule has 1 amide bonds. The van der Waals surface area contributed by atoms with Crippen LogP contribution in [0.1, 0.15) is 19.8 Å². The van der Waals surface area contributed by atoms with Crippen LogP contribution in [0.2, 0.25) is 0 Å². The monoisotopic (exact) mass is 284 g/mol. The van der Waals surface area contributed by atoms with Crippen LogP contribution in [0.25, 0.3) is 0 Å². The van der Waals surface area contributed by atoms with Gasteiger partial charge in [-0.05, 0) is 12.7 Å². The van der Waals surface area contributed by atoms with E-state index in [9.17, 15) is 4.79 Å². The van der Waals surface area contributed by atoms with Crippen LogP contribution in [0.15, 0.2) is 11.2 Å². The van der Waals surface area contributed by atoms with Crippen molar-refractivity contribution in [3.63, 3.8) is 0 Å². The van der Waals surface area contributed by atoms with Crippen molar-refractivity contribution in [2.24, 2.45) is 5.84 Å². The third-order valence-electron chi connectivity index (χ3n) is 2.27. The fourth-order valence-corrected chi connectivity index (χ4v) is 1.72. The topological polar surface area (TPSA) is 105 Å². The average Bonchev–Trinajstić information content (AvgIpc) is 2.44. The van der Waals surface area contributed by atoms with Crippen molar-refractivity contribution in [2.45, 2.75) is 24.9 Å². The molecule has 0 aliphatic heterocycles. The summed E-state index contributed by atoms with van der Waals surface area (Å²) in [7, 11) is 0. The second kappa shape index (κ2) is 8.54. The van der Waals surface area contributed by atoms with Gasteiger partial charge in [-0.2, -0.15) is 0 Å². The number of hydrogen-bond acceptors (Lipinski definition) is 7. The van der Waals surface area contributed by atoms with Crippen LogP contribution in [-0.2, 0) is 4.79 Å². The van der Waals surface area contributed by atoms with E-state index in [2.05, 4.69) is 26.0 Å². The molecule has 0 aliphatic rings. The van der Waals surface area contributed by atoms with E-state index >= 15 is 0 Å². The van der Waals surface area contributed by atoms with Gasteiger partial charge in [0.1, 0.15) is 11.6 Å². The Morgan fingerprint density at radius 2 is 2.11 bits per heavy atom. The Kier molecular flexibility index (Phi) is 6.98. The predicted molar refractivity (Wildman–Crippen MR) is 78.0 cm³/mol. The van der Waals surface area contributed by atoms with Crippen molar-refractivity contribution >= 4 is 29.3 Å². The maximum absolute atomic E-state index is 11.4. The summed E-state index contributed by atoms with van der Waals surface area (Å²) in [5, 5.41) is 6.52. The lowest BCUT2D eigenvalue weighted by Crippen LogP contribution is -2.26. The molecule has 0 aromatic carbocycles. The smallest absolute Gasteiger partial charge is 0.221 e. The number of thioether (sulfide) groups is 1. The van der Waals surface area contributed by atoms with Gasteiger partial charge in [0.25, 0.3) is 0 Å². The van der Waals surface area contributed by atoms with Crippen LogP contribution in [0, 0.1) is 0 Å². The van der Waals surface area contributed by atoms with Gasteiger partial charge in [0, 0.05) is 25.6 Å². The summed E-state index contributed by atoms with van der Waals surface area (Å²) in [6.07, 6.45) is 3.23. The molecule has 0 saturated heterocycles. The summed E-state index contributed by atoms with van der Waals surface area (Å²) in [5.41, 5.74) is 2.49. The van der Waals surface area contributed by atoms with E-state index in [0.29, 0.717) is 36.3 Å². The van der Waals surface area contributed by atoms with Crippen LogP contribution in [0.5, 0.6) is 0 Å². The molecule has 0 atom stereocenters. The molecule has 1 aromatic rings. The molecule has 0 saturated carbocycles. The molecule has 106 valence electrons. The number of hydrogen-bond donors (Lipinski definition) is 4. The van der Waals surface area contributed by atoms with Gasteiger partial charge in [-0.25, -0.2) is 15.8 Å². The Bertz CT molecular complexity index is 392. The van der Waals surface area contributed by atoms with Crippen LogP contribution in [0.4, 0.5) is 11.6 Å². The number of carbonyl (C=O) groups excluding carboxylic acids is 1. The predicted octanol–water partition coefficient (Wildman–Crippen LogP) is 0.812. The maximum Gasteiger partial charge on any atom is 0.221 e. The highest BCUT2D eigenvalue weighted by Gasteiger charge is 2.04. The van der Waals surface area contributed by atoms with E-state index in [1.54, 1.807) is 6.07 Å². The quantitative estimate of drug-likeness (QED) is 0.242. The first kappa shape index (κ1) is 15.5. The van der Waals surface area contributed by atoms with Gasteiger partial charge >= 0.3 is 0 Å². The zero-order valence-corrected chi connectivity index (χ0v) is 12.0. The molecule has 0 radical (unpaired) electrons. The number of nitrogen functional groups attached to an aromatic ring is 1. The Labute approximate surface area is 117 Å². The minimum Gasteiger partial charge on any atom is -0.369 e. The molecule has 1 heterocycles. The molecule has 0 fully saturated rings. The Morgan fingerprint density at radius 3 is 2.74 bits per heavy atom. The van der Waals surface area contributed by atoms with Gasteiger partial charge in [-0.1, -0.05) is 18.7 Å². The summed E-state index contributed by atoms with van der Waals surface area (Å²) in [6, 6.07) is 1.70. The molecule has 0 unspecified atom stereocenters. The van der Waals surface area contributed by atoms with E-state index < -0.39 is 0 Å². The fourth-order valence-electron chi connectivity index (χ4n) is 1.34. The normalized spacial score (nSPS) is 10.1. The molecule has 1 aromatic heterocycles. The second-order valence-corrected chi connectivity index (χ2v) is 4.57. The molecule has 0 bridgehead atoms. The SMILES string of the molecule is CCCNC(=O)CCNc1cc(NN)nc(SC)n1. The van der Waals surface area contributed by atoms with Crippen molar-refractivity contribution in [2.75, 3.05) is 30.1 Å². The highest BCUT2D eigenvalue weighted by atomic mass is 32.2. The highest BCUT2D eigenvalue weighted by Crippen LogP contribution is 2.16. The van der Waals surface area contributed by atoms with Crippen LogP contribution in [-0.4, -0.2) is 35.2 Å². The molecular weight excluding hydrogens is 264 g/mol. The van der Waals surface area contributed by atoms with Gasteiger partial charge in [-0.15, -0.1) is 0 Å². The molecule has 0 spiro atoms. The van der Waals surface area contributed by atoms with Crippen molar-refractivity contribution < 1.29 is 4.79 Å². The Hall–Kier alpha value is -1.54. The highest BCUT2D eigenvalue weighted by molar-refractivity contribution is 7.98. The van der Waals surface area contributed by atoms with Crippen LogP contribution in [0.3, 0.4) is 0 Å². The molecular formula is C11H20N6OS. The van der Waals surface area contributed by atoms with Gasteiger partial charge in [0.15, 0.2) is 5.16 Å². The van der Waals surface area contributed by atoms with Gasteiger partial charge in [0.2, 0.25) is 5.91 Å². The number of nitrogens with two attached hydrogens (primary N) is 1. The molecule has 8 heteroatoms. The fraction of sp³-hybridized carbons (Fsp3) is 0.545. The number of amides is 1. The van der Waals surface area contributed by atoms with Crippen LogP contribution >= 0.6 is 11.8 Å².